The van der Waals surface area contributed by atoms with Gasteiger partial charge in [-0.2, -0.15) is 0 Å². The summed E-state index contributed by atoms with van der Waals surface area (Å²) in [6.45, 7) is 0. The summed E-state index contributed by atoms with van der Waals surface area (Å²) in [5, 5.41) is 4.63. The minimum Gasteiger partial charge on any atom is -0.290 e. The second-order valence-corrected chi connectivity index (χ2v) is 4.80. The molecule has 0 amide bonds. The number of para-hydroxylation sites is 1. The number of fused-ring (bicyclic) bond motifs is 1. The van der Waals surface area contributed by atoms with Gasteiger partial charge in [-0.15, -0.1) is 0 Å². The van der Waals surface area contributed by atoms with Crippen LogP contribution >= 0.6 is 23.2 Å². The summed E-state index contributed by atoms with van der Waals surface area (Å²) in [5.41, 5.74) is 1.27. The summed E-state index contributed by atoms with van der Waals surface area (Å²) in [7, 11) is 0. The molecular formula is C13H8Cl2N2O. The molecule has 1 N–H and O–H groups in total. The average molecular weight is 279 g/mol. The topological polar surface area (TPSA) is 37.8 Å². The highest BCUT2D eigenvalue weighted by Crippen LogP contribution is 2.21. The number of nitrogens with zero attached hydrogens (tertiary/aromatic N) is 1. The number of halogens is 2. The van der Waals surface area contributed by atoms with Crippen LogP contribution in [0.1, 0.15) is 0 Å². The molecule has 0 saturated heterocycles. The van der Waals surface area contributed by atoms with Crippen LogP contribution in [0.3, 0.4) is 0 Å². The first-order valence-corrected chi connectivity index (χ1v) is 6.07. The van der Waals surface area contributed by atoms with Gasteiger partial charge in [0, 0.05) is 10.0 Å². The fourth-order valence-electron chi connectivity index (χ4n) is 1.91. The largest absolute Gasteiger partial charge is 0.290 e. The normalized spacial score (nSPS) is 11.0. The molecule has 0 radical (unpaired) electrons. The van der Waals surface area contributed by atoms with Crippen molar-refractivity contribution in [1.29, 1.82) is 0 Å². The van der Waals surface area contributed by atoms with E-state index >= 15 is 0 Å². The molecular weight excluding hydrogens is 271 g/mol. The van der Waals surface area contributed by atoms with E-state index in [1.165, 1.54) is 4.68 Å². The van der Waals surface area contributed by atoms with Crippen molar-refractivity contribution in [2.45, 2.75) is 0 Å². The Morgan fingerprint density at radius 1 is 1.00 bits per heavy atom. The molecule has 0 fully saturated rings. The van der Waals surface area contributed by atoms with Gasteiger partial charge < -0.3 is 0 Å². The number of benzene rings is 2. The molecule has 0 aliphatic rings. The van der Waals surface area contributed by atoms with Crippen molar-refractivity contribution in [3.05, 3.63) is 62.9 Å². The zero-order valence-corrected chi connectivity index (χ0v) is 10.7. The zero-order valence-electron chi connectivity index (χ0n) is 9.15. The molecule has 5 heteroatoms. The van der Waals surface area contributed by atoms with E-state index in [0.29, 0.717) is 21.1 Å². The monoisotopic (exact) mass is 278 g/mol. The Labute approximate surface area is 113 Å². The first-order valence-electron chi connectivity index (χ1n) is 5.31. The lowest BCUT2D eigenvalue weighted by Crippen LogP contribution is -2.14. The van der Waals surface area contributed by atoms with Gasteiger partial charge in [0.15, 0.2) is 0 Å². The number of aromatic amines is 1. The molecule has 3 rings (SSSR count). The number of rotatable bonds is 1. The van der Waals surface area contributed by atoms with E-state index in [9.17, 15) is 4.79 Å². The molecule has 1 aromatic heterocycles. The number of hydrogen-bond donors (Lipinski definition) is 1. The SMILES string of the molecule is O=c1c2ccccc2[nH]n1-c1cc(Cl)cc(Cl)c1. The predicted octanol–water partition coefficient (Wildman–Crippen LogP) is 3.63. The van der Waals surface area contributed by atoms with E-state index in [0.717, 1.165) is 5.52 Å². The third kappa shape index (κ3) is 1.82. The van der Waals surface area contributed by atoms with Crippen LogP contribution in [0.2, 0.25) is 10.0 Å². The summed E-state index contributed by atoms with van der Waals surface area (Å²) >= 11 is 11.9. The maximum absolute atomic E-state index is 12.2. The summed E-state index contributed by atoms with van der Waals surface area (Å²) in [6.07, 6.45) is 0. The Morgan fingerprint density at radius 2 is 1.67 bits per heavy atom. The smallest absolute Gasteiger partial charge is 0.279 e. The molecule has 3 aromatic rings. The average Bonchev–Trinajstić information content (AvgIpc) is 2.66. The third-order valence-electron chi connectivity index (χ3n) is 2.70. The highest BCUT2D eigenvalue weighted by atomic mass is 35.5. The van der Waals surface area contributed by atoms with Crippen LogP contribution in [-0.4, -0.2) is 9.78 Å². The van der Waals surface area contributed by atoms with Crippen molar-refractivity contribution >= 4 is 34.1 Å². The fourth-order valence-corrected chi connectivity index (χ4v) is 2.42. The third-order valence-corrected chi connectivity index (χ3v) is 3.13. The van der Waals surface area contributed by atoms with Crippen LogP contribution in [0.25, 0.3) is 16.6 Å². The summed E-state index contributed by atoms with van der Waals surface area (Å²) in [5.74, 6) is 0. The summed E-state index contributed by atoms with van der Waals surface area (Å²) in [6, 6.07) is 12.3. The maximum Gasteiger partial charge on any atom is 0.279 e. The second-order valence-electron chi connectivity index (χ2n) is 3.93. The summed E-state index contributed by atoms with van der Waals surface area (Å²) in [4.78, 5) is 12.2. The molecule has 0 unspecified atom stereocenters. The number of hydrogen-bond acceptors (Lipinski definition) is 1. The standard InChI is InChI=1S/C13H8Cl2N2O/c14-8-5-9(15)7-10(6-8)17-13(18)11-3-1-2-4-12(11)16-17/h1-7,16H. The molecule has 2 aromatic carbocycles. The molecule has 1 heterocycles. The van der Waals surface area contributed by atoms with Gasteiger partial charge in [-0.3, -0.25) is 9.89 Å². The minimum absolute atomic E-state index is 0.121. The van der Waals surface area contributed by atoms with Gasteiger partial charge in [0.25, 0.3) is 5.56 Å². The summed E-state index contributed by atoms with van der Waals surface area (Å²) < 4.78 is 1.43. The Kier molecular flexibility index (Phi) is 2.65. The first-order chi connectivity index (χ1) is 8.65. The maximum atomic E-state index is 12.2. The lowest BCUT2D eigenvalue weighted by molar-refractivity contribution is 0.864. The molecule has 0 saturated carbocycles. The molecule has 0 aliphatic heterocycles. The zero-order chi connectivity index (χ0) is 12.7. The van der Waals surface area contributed by atoms with Gasteiger partial charge in [0.2, 0.25) is 0 Å². The highest BCUT2D eigenvalue weighted by Gasteiger charge is 2.08. The van der Waals surface area contributed by atoms with Crippen molar-refractivity contribution in [1.82, 2.24) is 9.78 Å². The predicted molar refractivity (Wildman–Crippen MR) is 73.9 cm³/mol. The van der Waals surface area contributed by atoms with Crippen molar-refractivity contribution in [3.63, 3.8) is 0 Å². The lowest BCUT2D eigenvalue weighted by atomic mass is 10.2. The molecule has 0 spiro atoms. The fraction of sp³-hybridized carbons (Fsp3) is 0. The van der Waals surface area contributed by atoms with Gasteiger partial charge in [-0.1, -0.05) is 35.3 Å². The number of nitrogens with one attached hydrogen (secondary N) is 1. The Bertz CT molecular complexity index is 769. The highest BCUT2D eigenvalue weighted by molar-refractivity contribution is 6.34. The molecule has 3 nitrogen and oxygen atoms in total. The van der Waals surface area contributed by atoms with Crippen LogP contribution in [0.5, 0.6) is 0 Å². The van der Waals surface area contributed by atoms with E-state index in [-0.39, 0.29) is 5.56 Å². The van der Waals surface area contributed by atoms with E-state index in [2.05, 4.69) is 5.10 Å². The Morgan fingerprint density at radius 3 is 2.33 bits per heavy atom. The van der Waals surface area contributed by atoms with E-state index in [1.54, 1.807) is 24.3 Å². The van der Waals surface area contributed by atoms with Crippen LogP contribution in [0, 0.1) is 0 Å². The van der Waals surface area contributed by atoms with Crippen LogP contribution in [0.4, 0.5) is 0 Å². The molecule has 18 heavy (non-hydrogen) atoms. The van der Waals surface area contributed by atoms with Gasteiger partial charge in [-0.25, -0.2) is 4.68 Å². The minimum atomic E-state index is -0.121. The van der Waals surface area contributed by atoms with Gasteiger partial charge in [-0.05, 0) is 30.3 Å². The van der Waals surface area contributed by atoms with E-state index in [1.807, 2.05) is 18.2 Å². The van der Waals surface area contributed by atoms with Gasteiger partial charge >= 0.3 is 0 Å². The van der Waals surface area contributed by atoms with E-state index in [4.69, 9.17) is 23.2 Å². The molecule has 0 bridgehead atoms. The van der Waals surface area contributed by atoms with Crippen molar-refractivity contribution in [3.8, 4) is 5.69 Å². The number of aromatic nitrogens is 2. The van der Waals surface area contributed by atoms with E-state index < -0.39 is 0 Å². The Balaban J connectivity index is 2.31. The van der Waals surface area contributed by atoms with Gasteiger partial charge in [0.05, 0.1) is 16.6 Å². The quantitative estimate of drug-likeness (QED) is 0.725. The number of H-pyrrole nitrogens is 1. The Hall–Kier alpha value is -1.71. The molecule has 0 atom stereocenters. The first kappa shape index (κ1) is 11.4. The van der Waals surface area contributed by atoms with Crippen molar-refractivity contribution < 1.29 is 0 Å². The van der Waals surface area contributed by atoms with Crippen LogP contribution in [0.15, 0.2) is 47.3 Å². The van der Waals surface area contributed by atoms with Crippen molar-refractivity contribution in [2.24, 2.45) is 0 Å². The van der Waals surface area contributed by atoms with Gasteiger partial charge in [0.1, 0.15) is 0 Å². The van der Waals surface area contributed by atoms with Crippen molar-refractivity contribution in [2.75, 3.05) is 0 Å². The lowest BCUT2D eigenvalue weighted by Gasteiger charge is -2.02. The van der Waals surface area contributed by atoms with Crippen LogP contribution in [-0.2, 0) is 0 Å². The molecule has 90 valence electrons. The second kappa shape index (κ2) is 4.19. The van der Waals surface area contributed by atoms with Crippen LogP contribution < -0.4 is 5.56 Å². The molecule has 0 aliphatic carbocycles.